The van der Waals surface area contributed by atoms with Gasteiger partial charge in [0.1, 0.15) is 0 Å². The van der Waals surface area contributed by atoms with Crippen LogP contribution in [0, 0.1) is 13.8 Å². The van der Waals surface area contributed by atoms with Crippen molar-refractivity contribution in [1.82, 2.24) is 10.2 Å². The Kier molecular flexibility index (Phi) is 2.89. The molecule has 1 aromatic carbocycles. The lowest BCUT2D eigenvalue weighted by molar-refractivity contribution is 0.597. The molecule has 0 amide bonds. The zero-order chi connectivity index (χ0) is 12.5. The van der Waals surface area contributed by atoms with Crippen LogP contribution in [0.15, 0.2) is 35.5 Å². The van der Waals surface area contributed by atoms with E-state index in [9.17, 15) is 8.42 Å². The molecule has 0 saturated carbocycles. The fraction of sp³-hybridized carbons (Fsp3) is 0.182. The lowest BCUT2D eigenvalue weighted by Gasteiger charge is -2.11. The van der Waals surface area contributed by atoms with Gasteiger partial charge >= 0.3 is 0 Å². The molecule has 0 aliphatic carbocycles. The molecule has 1 aromatic heterocycles. The van der Waals surface area contributed by atoms with E-state index in [2.05, 4.69) is 14.9 Å². The fourth-order valence-electron chi connectivity index (χ4n) is 1.56. The van der Waals surface area contributed by atoms with E-state index >= 15 is 0 Å². The molecule has 0 aliphatic heterocycles. The Morgan fingerprint density at radius 3 is 2.35 bits per heavy atom. The van der Waals surface area contributed by atoms with Crippen LogP contribution in [0.4, 0.5) is 5.69 Å². The molecule has 0 unspecified atom stereocenters. The van der Waals surface area contributed by atoms with Crippen molar-refractivity contribution >= 4 is 15.7 Å². The number of hydrogen-bond acceptors (Lipinski definition) is 3. The van der Waals surface area contributed by atoms with E-state index in [-0.39, 0.29) is 5.03 Å². The van der Waals surface area contributed by atoms with Gasteiger partial charge in [0.2, 0.25) is 0 Å². The van der Waals surface area contributed by atoms with E-state index in [1.807, 2.05) is 32.0 Å². The van der Waals surface area contributed by atoms with Crippen LogP contribution < -0.4 is 4.72 Å². The summed E-state index contributed by atoms with van der Waals surface area (Å²) in [5.41, 5.74) is 2.38. The number of nitrogens with zero attached hydrogens (tertiary/aromatic N) is 1. The molecule has 1 heterocycles. The summed E-state index contributed by atoms with van der Waals surface area (Å²) in [5, 5.41) is 6.12. The number of nitrogens with one attached hydrogen (secondary N) is 2. The lowest BCUT2D eigenvalue weighted by atomic mass is 10.1. The number of para-hydroxylation sites is 1. The average molecular weight is 251 g/mol. The van der Waals surface area contributed by atoms with Crippen LogP contribution in [0.5, 0.6) is 0 Å². The van der Waals surface area contributed by atoms with E-state index in [4.69, 9.17) is 0 Å². The summed E-state index contributed by atoms with van der Waals surface area (Å²) < 4.78 is 26.5. The van der Waals surface area contributed by atoms with Gasteiger partial charge in [0.05, 0.1) is 11.9 Å². The first-order valence-corrected chi connectivity index (χ1v) is 6.57. The summed E-state index contributed by atoms with van der Waals surface area (Å²) >= 11 is 0. The summed E-state index contributed by atoms with van der Waals surface area (Å²) in [6.45, 7) is 3.72. The fourth-order valence-corrected chi connectivity index (χ4v) is 2.67. The van der Waals surface area contributed by atoms with Crippen molar-refractivity contribution in [3.63, 3.8) is 0 Å². The van der Waals surface area contributed by atoms with Gasteiger partial charge in [-0.25, -0.2) is 0 Å². The molecule has 0 saturated heterocycles. The average Bonchev–Trinajstić information content (AvgIpc) is 2.77. The van der Waals surface area contributed by atoms with Crippen LogP contribution in [0.3, 0.4) is 0 Å². The van der Waals surface area contributed by atoms with Gasteiger partial charge < -0.3 is 0 Å². The zero-order valence-corrected chi connectivity index (χ0v) is 10.4. The van der Waals surface area contributed by atoms with Crippen molar-refractivity contribution in [3.8, 4) is 0 Å². The van der Waals surface area contributed by atoms with Gasteiger partial charge in [-0.2, -0.15) is 13.5 Å². The van der Waals surface area contributed by atoms with Crippen molar-refractivity contribution < 1.29 is 8.42 Å². The van der Waals surface area contributed by atoms with Crippen molar-refractivity contribution in [2.75, 3.05) is 4.72 Å². The molecule has 0 spiro atoms. The van der Waals surface area contributed by atoms with Crippen LogP contribution in [-0.4, -0.2) is 18.6 Å². The molecule has 90 valence electrons. The first-order valence-electron chi connectivity index (χ1n) is 5.09. The summed E-state index contributed by atoms with van der Waals surface area (Å²) in [6.07, 6.45) is 1.40. The third kappa shape index (κ3) is 2.31. The SMILES string of the molecule is Cc1cccc(C)c1NS(=O)(=O)c1ccn[nH]1. The molecule has 2 rings (SSSR count). The van der Waals surface area contributed by atoms with Gasteiger partial charge in [-0.3, -0.25) is 9.82 Å². The van der Waals surface area contributed by atoms with E-state index in [0.717, 1.165) is 11.1 Å². The van der Waals surface area contributed by atoms with Crippen molar-refractivity contribution in [2.24, 2.45) is 0 Å². The monoisotopic (exact) mass is 251 g/mol. The number of sulfonamides is 1. The third-order valence-corrected chi connectivity index (χ3v) is 3.76. The summed E-state index contributed by atoms with van der Waals surface area (Å²) in [7, 11) is -3.58. The zero-order valence-electron chi connectivity index (χ0n) is 9.56. The highest BCUT2D eigenvalue weighted by molar-refractivity contribution is 7.92. The third-order valence-electron chi connectivity index (χ3n) is 2.48. The summed E-state index contributed by atoms with van der Waals surface area (Å²) in [4.78, 5) is 0. The number of aromatic nitrogens is 2. The van der Waals surface area contributed by atoms with Crippen LogP contribution in [0.1, 0.15) is 11.1 Å². The Morgan fingerprint density at radius 1 is 1.18 bits per heavy atom. The number of rotatable bonds is 3. The number of benzene rings is 1. The number of anilines is 1. The Labute approximate surface area is 99.9 Å². The number of aromatic amines is 1. The molecule has 0 atom stereocenters. The number of hydrogen-bond donors (Lipinski definition) is 2. The van der Waals surface area contributed by atoms with Crippen LogP contribution in [0.25, 0.3) is 0 Å². The molecule has 2 N–H and O–H groups in total. The molecule has 0 radical (unpaired) electrons. The first kappa shape index (κ1) is 11.7. The van der Waals surface area contributed by atoms with E-state index in [0.29, 0.717) is 5.69 Å². The van der Waals surface area contributed by atoms with Crippen LogP contribution >= 0.6 is 0 Å². The number of H-pyrrole nitrogens is 1. The largest absolute Gasteiger partial charge is 0.278 e. The molecule has 6 heteroatoms. The maximum Gasteiger partial charge on any atom is 0.278 e. The topological polar surface area (TPSA) is 74.8 Å². The van der Waals surface area contributed by atoms with E-state index in [1.54, 1.807) is 0 Å². The Morgan fingerprint density at radius 2 is 1.82 bits per heavy atom. The smallest absolute Gasteiger partial charge is 0.278 e. The second-order valence-electron chi connectivity index (χ2n) is 3.79. The minimum Gasteiger partial charge on any atom is -0.278 e. The van der Waals surface area contributed by atoms with Crippen molar-refractivity contribution in [2.45, 2.75) is 18.9 Å². The molecule has 0 bridgehead atoms. The highest BCUT2D eigenvalue weighted by Gasteiger charge is 2.17. The highest BCUT2D eigenvalue weighted by Crippen LogP contribution is 2.22. The van der Waals surface area contributed by atoms with Gasteiger partial charge in [0.15, 0.2) is 5.03 Å². The van der Waals surface area contributed by atoms with Gasteiger partial charge in [0.25, 0.3) is 10.0 Å². The number of aryl methyl sites for hydroxylation is 2. The first-order chi connectivity index (χ1) is 8.00. The van der Waals surface area contributed by atoms with Crippen LogP contribution in [-0.2, 0) is 10.0 Å². The van der Waals surface area contributed by atoms with Gasteiger partial charge in [-0.05, 0) is 31.0 Å². The van der Waals surface area contributed by atoms with Crippen molar-refractivity contribution in [1.29, 1.82) is 0 Å². The molecule has 0 fully saturated rings. The van der Waals surface area contributed by atoms with Crippen molar-refractivity contribution in [3.05, 3.63) is 41.6 Å². The van der Waals surface area contributed by atoms with E-state index in [1.165, 1.54) is 12.3 Å². The Bertz CT molecular complexity index is 598. The van der Waals surface area contributed by atoms with Crippen LogP contribution in [0.2, 0.25) is 0 Å². The second-order valence-corrected chi connectivity index (χ2v) is 5.44. The highest BCUT2D eigenvalue weighted by atomic mass is 32.2. The maximum atomic E-state index is 12.0. The molecule has 0 aliphatic rings. The Balaban J connectivity index is 2.40. The molecule has 17 heavy (non-hydrogen) atoms. The quantitative estimate of drug-likeness (QED) is 0.873. The lowest BCUT2D eigenvalue weighted by Crippen LogP contribution is -2.15. The normalized spacial score (nSPS) is 11.4. The van der Waals surface area contributed by atoms with E-state index < -0.39 is 10.0 Å². The van der Waals surface area contributed by atoms with Gasteiger partial charge in [0, 0.05) is 0 Å². The standard InChI is InChI=1S/C11H13N3O2S/c1-8-4-3-5-9(2)11(8)14-17(15,16)10-6-7-12-13-10/h3-7,14H,1-2H3,(H,12,13). The predicted molar refractivity (Wildman–Crippen MR) is 65.3 cm³/mol. The summed E-state index contributed by atoms with van der Waals surface area (Å²) in [5.74, 6) is 0. The molecule has 2 aromatic rings. The minimum atomic E-state index is -3.58. The molecular formula is C11H13N3O2S. The van der Waals surface area contributed by atoms with Gasteiger partial charge in [-0.1, -0.05) is 18.2 Å². The summed E-state index contributed by atoms with van der Waals surface area (Å²) in [6, 6.07) is 7.02. The second kappa shape index (κ2) is 4.21. The Hall–Kier alpha value is -1.82. The predicted octanol–water partition coefficient (Wildman–Crippen LogP) is 1.83. The molecular weight excluding hydrogens is 238 g/mol. The molecule has 5 nitrogen and oxygen atoms in total. The van der Waals surface area contributed by atoms with Gasteiger partial charge in [-0.15, -0.1) is 0 Å². The minimum absolute atomic E-state index is 0.0557. The maximum absolute atomic E-state index is 12.0.